The van der Waals surface area contributed by atoms with Gasteiger partial charge in [-0.15, -0.1) is 0 Å². The Morgan fingerprint density at radius 2 is 1.59 bits per heavy atom. The molecule has 0 unspecified atom stereocenters. The highest BCUT2D eigenvalue weighted by molar-refractivity contribution is 7.93. The summed E-state index contributed by atoms with van der Waals surface area (Å²) in [5, 5.41) is 21.2. The molecule has 2 aliphatic heterocycles. The Morgan fingerprint density at radius 3 is 1.88 bits per heavy atom. The van der Waals surface area contributed by atoms with E-state index in [9.17, 15) is 8.42 Å². The topological polar surface area (TPSA) is 133 Å². The third-order valence-corrected chi connectivity index (χ3v) is 4.43. The lowest BCUT2D eigenvalue weighted by atomic mass is 10.0. The van der Waals surface area contributed by atoms with Crippen LogP contribution in [0.3, 0.4) is 0 Å². The molecule has 0 aromatic rings. The molecule has 0 atom stereocenters. The van der Waals surface area contributed by atoms with Gasteiger partial charge in [0.1, 0.15) is 0 Å². The van der Waals surface area contributed by atoms with Crippen molar-refractivity contribution in [3.8, 4) is 0 Å². The molecule has 0 saturated carbocycles. The zero-order chi connectivity index (χ0) is 13.1. The summed E-state index contributed by atoms with van der Waals surface area (Å²) < 4.78 is 21.8. The van der Waals surface area contributed by atoms with Crippen molar-refractivity contribution in [2.24, 2.45) is 0 Å². The first-order valence-corrected chi connectivity index (χ1v) is 6.71. The molecule has 2 saturated heterocycles. The van der Waals surface area contributed by atoms with Crippen molar-refractivity contribution in [3.63, 3.8) is 0 Å². The predicted octanol–water partition coefficient (Wildman–Crippen LogP) is -2.50. The van der Waals surface area contributed by atoms with Crippen LogP contribution in [0.15, 0.2) is 0 Å². The first-order valence-electron chi connectivity index (χ1n) is 4.89. The fraction of sp³-hybridized carbons (Fsp3) is 0.750. The van der Waals surface area contributed by atoms with Gasteiger partial charge < -0.3 is 20.8 Å². The maximum absolute atomic E-state index is 10.9. The van der Waals surface area contributed by atoms with Crippen molar-refractivity contribution >= 4 is 21.8 Å². The fourth-order valence-corrected chi connectivity index (χ4v) is 3.82. The Balaban J connectivity index is 0.000000209. The Morgan fingerprint density at radius 1 is 1.06 bits per heavy atom. The summed E-state index contributed by atoms with van der Waals surface area (Å²) in [7, 11) is -2.69. The van der Waals surface area contributed by atoms with Gasteiger partial charge >= 0.3 is 11.9 Å². The molecule has 1 spiro atoms. The molecule has 2 rings (SSSR count). The molecule has 0 aliphatic carbocycles. The van der Waals surface area contributed by atoms with Crippen LogP contribution in [-0.4, -0.2) is 67.2 Å². The molecule has 0 aromatic heterocycles. The van der Waals surface area contributed by atoms with Crippen LogP contribution < -0.4 is 10.6 Å². The minimum atomic E-state index is -2.69. The summed E-state index contributed by atoms with van der Waals surface area (Å²) in [6, 6.07) is 0. The summed E-state index contributed by atoms with van der Waals surface area (Å²) in [6.07, 6.45) is 0. The van der Waals surface area contributed by atoms with Gasteiger partial charge in [-0.2, -0.15) is 0 Å². The minimum absolute atomic E-state index is 0.114. The summed E-state index contributed by atoms with van der Waals surface area (Å²) in [4.78, 5) is 18.2. The molecule has 2 fully saturated rings. The van der Waals surface area contributed by atoms with E-state index in [1.54, 1.807) is 0 Å². The maximum atomic E-state index is 10.9. The van der Waals surface area contributed by atoms with Crippen LogP contribution in [0.4, 0.5) is 0 Å². The number of nitrogens with one attached hydrogen (secondary N) is 2. The third-order valence-electron chi connectivity index (χ3n) is 2.44. The maximum Gasteiger partial charge on any atom is 0.414 e. The number of hydrogen-bond acceptors (Lipinski definition) is 6. The molecule has 8 nitrogen and oxygen atoms in total. The number of sulfone groups is 1. The van der Waals surface area contributed by atoms with Crippen molar-refractivity contribution in [3.05, 3.63) is 0 Å². The SMILES string of the molecule is O=C(O)C(=O)O.O=S1(=O)CC2(CNCCN2)C1. The molecule has 2 heterocycles. The van der Waals surface area contributed by atoms with Gasteiger partial charge in [-0.1, -0.05) is 0 Å². The first kappa shape index (κ1) is 13.9. The number of carboxylic acids is 2. The second-order valence-electron chi connectivity index (χ2n) is 4.03. The predicted molar refractivity (Wildman–Crippen MR) is 57.5 cm³/mol. The molecule has 9 heteroatoms. The van der Waals surface area contributed by atoms with Crippen molar-refractivity contribution in [2.75, 3.05) is 31.1 Å². The van der Waals surface area contributed by atoms with Crippen LogP contribution in [-0.2, 0) is 19.4 Å². The van der Waals surface area contributed by atoms with Crippen LogP contribution in [0.1, 0.15) is 0 Å². The molecule has 0 radical (unpaired) electrons. The van der Waals surface area contributed by atoms with Crippen molar-refractivity contribution in [1.82, 2.24) is 10.6 Å². The van der Waals surface area contributed by atoms with Crippen molar-refractivity contribution in [1.29, 1.82) is 0 Å². The highest BCUT2D eigenvalue weighted by atomic mass is 32.2. The van der Waals surface area contributed by atoms with E-state index in [0.717, 1.165) is 19.6 Å². The molecular weight excluding hydrogens is 252 g/mol. The highest BCUT2D eigenvalue weighted by Crippen LogP contribution is 2.23. The Labute approximate surface area is 97.9 Å². The average Bonchev–Trinajstić information content (AvgIpc) is 2.16. The lowest BCUT2D eigenvalue weighted by Crippen LogP contribution is -2.71. The van der Waals surface area contributed by atoms with Crippen LogP contribution >= 0.6 is 0 Å². The summed E-state index contributed by atoms with van der Waals surface area (Å²) in [6.45, 7) is 2.63. The van der Waals surface area contributed by atoms with E-state index in [2.05, 4.69) is 10.6 Å². The number of aliphatic carboxylic acids is 2. The van der Waals surface area contributed by atoms with E-state index in [4.69, 9.17) is 19.8 Å². The Bertz CT molecular complexity index is 386. The van der Waals surface area contributed by atoms with Crippen molar-refractivity contribution < 1.29 is 28.2 Å². The molecule has 0 bridgehead atoms. The van der Waals surface area contributed by atoms with E-state index < -0.39 is 21.8 Å². The van der Waals surface area contributed by atoms with Gasteiger partial charge in [0.05, 0.1) is 17.0 Å². The zero-order valence-corrected chi connectivity index (χ0v) is 9.79. The van der Waals surface area contributed by atoms with E-state index in [-0.39, 0.29) is 5.54 Å². The average molecular weight is 266 g/mol. The smallest absolute Gasteiger partial charge is 0.414 e. The monoisotopic (exact) mass is 266 g/mol. The molecule has 2 aliphatic rings. The zero-order valence-electron chi connectivity index (χ0n) is 8.97. The molecule has 0 amide bonds. The van der Waals surface area contributed by atoms with Gasteiger partial charge in [-0.25, -0.2) is 18.0 Å². The highest BCUT2D eigenvalue weighted by Gasteiger charge is 2.48. The van der Waals surface area contributed by atoms with Gasteiger partial charge in [0.2, 0.25) is 0 Å². The van der Waals surface area contributed by atoms with Crippen LogP contribution in [0.5, 0.6) is 0 Å². The van der Waals surface area contributed by atoms with Crippen molar-refractivity contribution in [2.45, 2.75) is 5.54 Å². The van der Waals surface area contributed by atoms with E-state index in [1.807, 2.05) is 0 Å². The Hall–Kier alpha value is -1.19. The normalized spacial score (nSPS) is 24.0. The number of carbonyl (C=O) groups is 2. The molecular formula is C8H14N2O6S. The number of piperazine rings is 1. The van der Waals surface area contributed by atoms with Crippen LogP contribution in [0.2, 0.25) is 0 Å². The number of hydrogen-bond donors (Lipinski definition) is 4. The Kier molecular flexibility index (Phi) is 4.07. The van der Waals surface area contributed by atoms with Gasteiger partial charge in [-0.3, -0.25) is 0 Å². The quantitative estimate of drug-likeness (QED) is 0.354. The second kappa shape index (κ2) is 4.98. The van der Waals surface area contributed by atoms with Crippen LogP contribution in [0, 0.1) is 0 Å². The second-order valence-corrected chi connectivity index (χ2v) is 6.09. The van der Waals surface area contributed by atoms with Gasteiger partial charge in [-0.05, 0) is 0 Å². The summed E-state index contributed by atoms with van der Waals surface area (Å²) >= 11 is 0. The summed E-state index contributed by atoms with van der Waals surface area (Å²) in [5.74, 6) is -3.02. The molecule has 98 valence electrons. The molecule has 17 heavy (non-hydrogen) atoms. The van der Waals surface area contributed by atoms with Gasteiger partial charge in [0, 0.05) is 19.6 Å². The largest absolute Gasteiger partial charge is 0.473 e. The van der Waals surface area contributed by atoms with E-state index in [0.29, 0.717) is 11.5 Å². The minimum Gasteiger partial charge on any atom is -0.473 e. The molecule has 0 aromatic carbocycles. The summed E-state index contributed by atoms with van der Waals surface area (Å²) in [5.41, 5.74) is -0.114. The lowest BCUT2D eigenvalue weighted by Gasteiger charge is -2.44. The first-order chi connectivity index (χ1) is 7.76. The van der Waals surface area contributed by atoms with Gasteiger partial charge in [0.25, 0.3) is 0 Å². The van der Waals surface area contributed by atoms with E-state index in [1.165, 1.54) is 0 Å². The standard InChI is InChI=1S/C6H12N2O2S.C2H2O4/c9-11(10)4-6(5-11)3-7-1-2-8-6;3-1(4)2(5)6/h7-8H,1-5H2;(H,3,4)(H,5,6). The van der Waals surface area contributed by atoms with Crippen LogP contribution in [0.25, 0.3) is 0 Å². The number of carboxylic acid groups (broad SMARTS) is 2. The third kappa shape index (κ3) is 3.95. The van der Waals surface area contributed by atoms with E-state index >= 15 is 0 Å². The lowest BCUT2D eigenvalue weighted by molar-refractivity contribution is -0.159. The van der Waals surface area contributed by atoms with Gasteiger partial charge in [0.15, 0.2) is 9.84 Å². The fourth-order valence-electron chi connectivity index (χ4n) is 1.81. The number of rotatable bonds is 0. The molecule has 4 N–H and O–H groups in total.